The van der Waals surface area contributed by atoms with E-state index in [-0.39, 0.29) is 0 Å². The average molecular weight is 208 g/mol. The molecule has 1 heterocycles. The third-order valence-electron chi connectivity index (χ3n) is 4.83. The van der Waals surface area contributed by atoms with Gasteiger partial charge in [0.2, 0.25) is 0 Å². The lowest BCUT2D eigenvalue weighted by Gasteiger charge is -2.35. The highest BCUT2D eigenvalue weighted by Crippen LogP contribution is 2.48. The number of nitrogens with zero attached hydrogens (tertiary/aromatic N) is 1. The Morgan fingerprint density at radius 1 is 1.27 bits per heavy atom. The molecule has 1 N–H and O–H groups in total. The van der Waals surface area contributed by atoms with Crippen molar-refractivity contribution < 1.29 is 0 Å². The predicted octanol–water partition coefficient (Wildman–Crippen LogP) is 1.72. The Hall–Kier alpha value is -0.0800. The molecule has 0 amide bonds. The minimum atomic E-state index is 0.706. The molecular formula is C13H24N2. The molecule has 3 fully saturated rings. The van der Waals surface area contributed by atoms with Gasteiger partial charge < -0.3 is 10.2 Å². The van der Waals surface area contributed by atoms with Crippen molar-refractivity contribution in [2.75, 3.05) is 26.2 Å². The van der Waals surface area contributed by atoms with E-state index >= 15 is 0 Å². The Morgan fingerprint density at radius 2 is 2.20 bits per heavy atom. The molecule has 1 saturated heterocycles. The van der Waals surface area contributed by atoms with Crippen molar-refractivity contribution in [3.63, 3.8) is 0 Å². The number of rotatable bonds is 2. The second-order valence-electron chi connectivity index (χ2n) is 6.05. The van der Waals surface area contributed by atoms with Crippen LogP contribution in [0, 0.1) is 17.8 Å². The molecule has 15 heavy (non-hydrogen) atoms. The summed E-state index contributed by atoms with van der Waals surface area (Å²) in [6.45, 7) is 7.45. The van der Waals surface area contributed by atoms with Gasteiger partial charge in [0.25, 0.3) is 0 Å². The average Bonchev–Trinajstić information content (AvgIpc) is 2.79. The van der Waals surface area contributed by atoms with Crippen molar-refractivity contribution >= 4 is 0 Å². The molecule has 86 valence electrons. The first-order valence-electron chi connectivity index (χ1n) is 6.77. The van der Waals surface area contributed by atoms with E-state index in [1.807, 2.05) is 0 Å². The summed E-state index contributed by atoms with van der Waals surface area (Å²) >= 11 is 0. The van der Waals surface area contributed by atoms with Crippen molar-refractivity contribution in [1.29, 1.82) is 0 Å². The molecule has 2 saturated carbocycles. The van der Waals surface area contributed by atoms with Crippen LogP contribution in [-0.4, -0.2) is 37.1 Å². The van der Waals surface area contributed by atoms with Gasteiger partial charge in [0.05, 0.1) is 0 Å². The van der Waals surface area contributed by atoms with Crippen LogP contribution in [0.5, 0.6) is 0 Å². The van der Waals surface area contributed by atoms with Gasteiger partial charge in [-0.1, -0.05) is 6.42 Å². The van der Waals surface area contributed by atoms with Crippen LogP contribution in [0.4, 0.5) is 0 Å². The van der Waals surface area contributed by atoms with Gasteiger partial charge >= 0.3 is 0 Å². The van der Waals surface area contributed by atoms with Crippen LogP contribution in [0.15, 0.2) is 0 Å². The maximum absolute atomic E-state index is 3.53. The molecule has 3 rings (SSSR count). The van der Waals surface area contributed by atoms with Crippen molar-refractivity contribution in [3.8, 4) is 0 Å². The van der Waals surface area contributed by atoms with Crippen molar-refractivity contribution in [1.82, 2.24) is 10.2 Å². The fraction of sp³-hybridized carbons (Fsp3) is 1.00. The molecule has 0 radical (unpaired) electrons. The topological polar surface area (TPSA) is 15.3 Å². The lowest BCUT2D eigenvalue weighted by Crippen LogP contribution is -2.50. The van der Waals surface area contributed by atoms with E-state index in [2.05, 4.69) is 17.1 Å². The summed E-state index contributed by atoms with van der Waals surface area (Å²) in [5.41, 5.74) is 0. The maximum atomic E-state index is 3.53. The Morgan fingerprint density at radius 3 is 2.87 bits per heavy atom. The van der Waals surface area contributed by atoms with Gasteiger partial charge in [0, 0.05) is 32.2 Å². The molecule has 2 heteroatoms. The number of piperazine rings is 1. The fourth-order valence-electron chi connectivity index (χ4n) is 4.11. The SMILES string of the molecule is C[C@@H]1CN(CC2CC3CCC2C3)CCN1. The molecule has 0 spiro atoms. The Balaban J connectivity index is 1.52. The summed E-state index contributed by atoms with van der Waals surface area (Å²) in [7, 11) is 0. The van der Waals surface area contributed by atoms with Crippen LogP contribution >= 0.6 is 0 Å². The molecule has 2 aliphatic carbocycles. The molecule has 0 aromatic carbocycles. The normalized spacial score (nSPS) is 46.2. The summed E-state index contributed by atoms with van der Waals surface area (Å²) < 4.78 is 0. The monoisotopic (exact) mass is 208 g/mol. The van der Waals surface area contributed by atoms with Crippen LogP contribution in [0.1, 0.15) is 32.6 Å². The molecule has 0 aromatic rings. The van der Waals surface area contributed by atoms with Crippen LogP contribution in [0.2, 0.25) is 0 Å². The first kappa shape index (κ1) is 10.1. The number of hydrogen-bond acceptors (Lipinski definition) is 2. The molecule has 4 atom stereocenters. The highest BCUT2D eigenvalue weighted by atomic mass is 15.2. The van der Waals surface area contributed by atoms with Crippen LogP contribution in [0.25, 0.3) is 0 Å². The minimum absolute atomic E-state index is 0.706. The molecule has 2 nitrogen and oxygen atoms in total. The predicted molar refractivity (Wildman–Crippen MR) is 62.8 cm³/mol. The van der Waals surface area contributed by atoms with E-state index in [1.54, 1.807) is 19.3 Å². The third kappa shape index (κ3) is 2.07. The standard InChI is InChI=1S/C13H24N2/c1-10-8-15(5-4-14-10)9-13-7-11-2-3-12(13)6-11/h10-14H,2-9H2,1H3/t10-,11?,12?,13?/m1/s1. The second-order valence-corrected chi connectivity index (χ2v) is 6.05. The van der Waals surface area contributed by atoms with Gasteiger partial charge in [-0.05, 0) is 43.9 Å². The fourth-order valence-corrected chi connectivity index (χ4v) is 4.11. The van der Waals surface area contributed by atoms with Gasteiger partial charge in [-0.3, -0.25) is 0 Å². The first-order valence-corrected chi connectivity index (χ1v) is 6.77. The minimum Gasteiger partial charge on any atom is -0.312 e. The lowest BCUT2D eigenvalue weighted by atomic mass is 9.88. The molecule has 0 aromatic heterocycles. The molecule has 3 unspecified atom stereocenters. The van der Waals surface area contributed by atoms with E-state index in [9.17, 15) is 0 Å². The highest BCUT2D eigenvalue weighted by molar-refractivity contribution is 4.92. The molecule has 3 aliphatic rings. The van der Waals surface area contributed by atoms with Gasteiger partial charge in [-0.25, -0.2) is 0 Å². The van der Waals surface area contributed by atoms with Gasteiger partial charge in [-0.2, -0.15) is 0 Å². The van der Waals surface area contributed by atoms with E-state index in [4.69, 9.17) is 0 Å². The summed E-state index contributed by atoms with van der Waals surface area (Å²) in [5.74, 6) is 3.26. The van der Waals surface area contributed by atoms with E-state index in [0.29, 0.717) is 6.04 Å². The number of fused-ring (bicyclic) bond motifs is 2. The van der Waals surface area contributed by atoms with Crippen LogP contribution in [-0.2, 0) is 0 Å². The summed E-state index contributed by atoms with van der Waals surface area (Å²) in [6.07, 6.45) is 6.19. The Bertz CT molecular complexity index is 229. The van der Waals surface area contributed by atoms with E-state index < -0.39 is 0 Å². The van der Waals surface area contributed by atoms with Gasteiger partial charge in [0.15, 0.2) is 0 Å². The van der Waals surface area contributed by atoms with Crippen molar-refractivity contribution in [2.24, 2.45) is 17.8 Å². The quantitative estimate of drug-likeness (QED) is 0.743. The highest BCUT2D eigenvalue weighted by Gasteiger charge is 2.40. The summed E-state index contributed by atoms with van der Waals surface area (Å²) in [6, 6.07) is 0.706. The second kappa shape index (κ2) is 4.06. The van der Waals surface area contributed by atoms with Crippen molar-refractivity contribution in [3.05, 3.63) is 0 Å². The molecular weight excluding hydrogens is 184 g/mol. The Labute approximate surface area is 93.4 Å². The maximum Gasteiger partial charge on any atom is 0.0167 e. The number of nitrogens with one attached hydrogen (secondary N) is 1. The summed E-state index contributed by atoms with van der Waals surface area (Å²) in [5, 5.41) is 3.53. The third-order valence-corrected chi connectivity index (χ3v) is 4.83. The largest absolute Gasteiger partial charge is 0.312 e. The van der Waals surface area contributed by atoms with E-state index in [0.717, 1.165) is 17.8 Å². The van der Waals surface area contributed by atoms with Gasteiger partial charge in [-0.15, -0.1) is 0 Å². The van der Waals surface area contributed by atoms with Crippen LogP contribution < -0.4 is 5.32 Å². The first-order chi connectivity index (χ1) is 7.31. The Kier molecular flexibility index (Phi) is 2.73. The zero-order valence-electron chi connectivity index (χ0n) is 9.91. The van der Waals surface area contributed by atoms with Gasteiger partial charge in [0.1, 0.15) is 0 Å². The van der Waals surface area contributed by atoms with Crippen LogP contribution in [0.3, 0.4) is 0 Å². The lowest BCUT2D eigenvalue weighted by molar-refractivity contribution is 0.153. The smallest absolute Gasteiger partial charge is 0.0167 e. The number of hydrogen-bond donors (Lipinski definition) is 1. The van der Waals surface area contributed by atoms with E-state index in [1.165, 1.54) is 32.6 Å². The van der Waals surface area contributed by atoms with Crippen molar-refractivity contribution in [2.45, 2.75) is 38.6 Å². The molecule has 1 aliphatic heterocycles. The zero-order valence-corrected chi connectivity index (χ0v) is 9.91. The summed E-state index contributed by atoms with van der Waals surface area (Å²) in [4.78, 5) is 2.70. The zero-order chi connectivity index (χ0) is 10.3. The molecule has 2 bridgehead atoms.